The normalized spacial score (nSPS) is 18.5. The van der Waals surface area contributed by atoms with Crippen LogP contribution >= 0.6 is 11.8 Å². The summed E-state index contributed by atoms with van der Waals surface area (Å²) in [5, 5.41) is 16.1. The van der Waals surface area contributed by atoms with E-state index in [0.717, 1.165) is 50.6 Å². The van der Waals surface area contributed by atoms with Crippen LogP contribution in [-0.2, 0) is 22.6 Å². The molecule has 8 heteroatoms. The van der Waals surface area contributed by atoms with Gasteiger partial charge in [-0.25, -0.2) is 9.78 Å². The van der Waals surface area contributed by atoms with Crippen molar-refractivity contribution in [3.63, 3.8) is 0 Å². The number of benzene rings is 3. The zero-order chi connectivity index (χ0) is 28.4. The predicted molar refractivity (Wildman–Crippen MR) is 161 cm³/mol. The van der Waals surface area contributed by atoms with Crippen molar-refractivity contribution >= 4 is 17.8 Å². The van der Waals surface area contributed by atoms with Crippen LogP contribution in [0, 0.1) is 0 Å². The second-order valence-electron chi connectivity index (χ2n) is 9.86. The average Bonchev–Trinajstić information content (AvgIpc) is 3.03. The molecule has 2 heterocycles. The first kappa shape index (κ1) is 28.8. The maximum atomic E-state index is 11.8. The molecule has 0 unspecified atom stereocenters. The second kappa shape index (κ2) is 14.3. The Morgan fingerprint density at radius 2 is 1.71 bits per heavy atom. The molecule has 3 N–H and O–H groups in total. The summed E-state index contributed by atoms with van der Waals surface area (Å²) in [6, 6.07) is 30.1. The lowest BCUT2D eigenvalue weighted by molar-refractivity contribution is -0.245. The number of carbonyl (C=O) groups is 1. The fraction of sp³-hybridized carbons (Fsp3) is 0.273. The molecule has 212 valence electrons. The molecule has 1 saturated heterocycles. The summed E-state index contributed by atoms with van der Waals surface area (Å²) in [7, 11) is 0. The number of nitrogens with zero attached hydrogens (tertiary/aromatic N) is 1. The Labute approximate surface area is 245 Å². The highest BCUT2D eigenvalue weighted by atomic mass is 32.2. The number of carbonyl (C=O) groups excluding carboxylic acids is 1. The van der Waals surface area contributed by atoms with Crippen molar-refractivity contribution in [1.82, 2.24) is 15.6 Å². The Morgan fingerprint density at radius 1 is 0.902 bits per heavy atom. The van der Waals surface area contributed by atoms with Gasteiger partial charge in [-0.15, -0.1) is 11.8 Å². The van der Waals surface area contributed by atoms with Crippen molar-refractivity contribution in [3.8, 4) is 11.1 Å². The van der Waals surface area contributed by atoms with Gasteiger partial charge < -0.3 is 25.2 Å². The van der Waals surface area contributed by atoms with Gasteiger partial charge in [-0.3, -0.25) is 0 Å². The van der Waals surface area contributed by atoms with Gasteiger partial charge in [-0.2, -0.15) is 0 Å². The quantitative estimate of drug-likeness (QED) is 0.192. The summed E-state index contributed by atoms with van der Waals surface area (Å²) < 4.78 is 13.0. The largest absolute Gasteiger partial charge is 0.392 e. The minimum absolute atomic E-state index is 0.0147. The van der Waals surface area contributed by atoms with Crippen molar-refractivity contribution < 1.29 is 19.4 Å². The van der Waals surface area contributed by atoms with E-state index in [2.05, 4.69) is 52.0 Å². The highest BCUT2D eigenvalue weighted by Gasteiger charge is 2.32. The number of aliphatic hydroxyl groups is 1. The van der Waals surface area contributed by atoms with E-state index in [0.29, 0.717) is 13.1 Å². The molecular formula is C33H35N3O4S. The van der Waals surface area contributed by atoms with E-state index in [4.69, 9.17) is 9.47 Å². The number of pyridine rings is 1. The highest BCUT2D eigenvalue weighted by molar-refractivity contribution is 7.99. The number of hydrogen-bond acceptors (Lipinski definition) is 6. The van der Waals surface area contributed by atoms with Gasteiger partial charge in [0.25, 0.3) is 0 Å². The van der Waals surface area contributed by atoms with Crippen LogP contribution in [0.15, 0.2) is 102 Å². The lowest BCUT2D eigenvalue weighted by Gasteiger charge is -2.36. The van der Waals surface area contributed by atoms with Gasteiger partial charge in [0.2, 0.25) is 0 Å². The molecule has 0 saturated carbocycles. The first-order valence-corrected chi connectivity index (χ1v) is 14.8. The van der Waals surface area contributed by atoms with Crippen molar-refractivity contribution in [3.05, 3.63) is 119 Å². The Bertz CT molecular complexity index is 1400. The number of urea groups is 1. The number of rotatable bonds is 10. The average molecular weight is 570 g/mol. The fourth-order valence-corrected chi connectivity index (χ4v) is 5.61. The van der Waals surface area contributed by atoms with Gasteiger partial charge in [0.15, 0.2) is 6.29 Å². The van der Waals surface area contributed by atoms with Crippen molar-refractivity contribution in [1.29, 1.82) is 0 Å². The lowest BCUT2D eigenvalue weighted by atomic mass is 9.99. The molecule has 0 radical (unpaired) electrons. The molecule has 1 aliphatic heterocycles. The zero-order valence-corrected chi connectivity index (χ0v) is 23.8. The zero-order valence-electron chi connectivity index (χ0n) is 23.0. The molecule has 3 aromatic carbocycles. The molecule has 2 amide bonds. The standard InChI is InChI=1S/C33H35N3O4S/c1-2-34-33(38)36-20-24-6-5-7-28(18-24)25-13-15-27(16-14-25)32-39-29(22-41-31-8-3-4-17-35-31)19-30(40-32)26-11-9-23(21-37)10-12-26/h3-18,29-30,32,37H,2,19-22H2,1H3,(H2,34,36,38)/t29-,30+,32+/m1/s1. The van der Waals surface area contributed by atoms with Crippen LogP contribution in [0.4, 0.5) is 4.79 Å². The summed E-state index contributed by atoms with van der Waals surface area (Å²) in [6.45, 7) is 2.96. The molecule has 4 aromatic rings. The van der Waals surface area contributed by atoms with Crippen LogP contribution in [0.2, 0.25) is 0 Å². The number of aromatic nitrogens is 1. The first-order valence-electron chi connectivity index (χ1n) is 13.9. The number of ether oxygens (including phenoxy) is 2. The fourth-order valence-electron chi connectivity index (χ4n) is 4.73. The third kappa shape index (κ3) is 7.95. The summed E-state index contributed by atoms with van der Waals surface area (Å²) in [5.74, 6) is 0.761. The van der Waals surface area contributed by atoms with Crippen LogP contribution in [0.5, 0.6) is 0 Å². The number of aliphatic hydroxyl groups excluding tert-OH is 1. The predicted octanol–water partition coefficient (Wildman–Crippen LogP) is 6.40. The summed E-state index contributed by atoms with van der Waals surface area (Å²) in [6.07, 6.45) is 1.85. The lowest BCUT2D eigenvalue weighted by Crippen LogP contribution is -2.34. The van der Waals surface area contributed by atoms with Gasteiger partial charge in [0, 0.05) is 37.0 Å². The third-order valence-corrected chi connectivity index (χ3v) is 7.98. The van der Waals surface area contributed by atoms with Gasteiger partial charge >= 0.3 is 6.03 Å². The van der Waals surface area contributed by atoms with E-state index in [9.17, 15) is 9.90 Å². The molecule has 7 nitrogen and oxygen atoms in total. The highest BCUT2D eigenvalue weighted by Crippen LogP contribution is 2.39. The van der Waals surface area contributed by atoms with Crippen molar-refractivity contribution in [2.45, 2.75) is 50.0 Å². The number of nitrogens with one attached hydrogen (secondary N) is 2. The van der Waals surface area contributed by atoms with Crippen LogP contribution < -0.4 is 10.6 Å². The minimum Gasteiger partial charge on any atom is -0.392 e. The van der Waals surface area contributed by atoms with Gasteiger partial charge in [-0.05, 0) is 52.9 Å². The maximum Gasteiger partial charge on any atom is 0.315 e. The van der Waals surface area contributed by atoms with Gasteiger partial charge in [0.05, 0.1) is 23.8 Å². The van der Waals surface area contributed by atoms with Crippen molar-refractivity contribution in [2.75, 3.05) is 12.3 Å². The Hall–Kier alpha value is -3.69. The molecular weight excluding hydrogens is 534 g/mol. The van der Waals surface area contributed by atoms with Gasteiger partial charge in [0.1, 0.15) is 0 Å². The summed E-state index contributed by atoms with van der Waals surface area (Å²) in [5.41, 5.74) is 6.07. The minimum atomic E-state index is -0.512. The third-order valence-electron chi connectivity index (χ3n) is 6.90. The first-order chi connectivity index (χ1) is 20.1. The van der Waals surface area contributed by atoms with E-state index in [1.807, 2.05) is 61.5 Å². The molecule has 0 bridgehead atoms. The van der Waals surface area contributed by atoms with Gasteiger partial charge in [-0.1, -0.05) is 72.8 Å². The summed E-state index contributed by atoms with van der Waals surface area (Å²) >= 11 is 1.68. The maximum absolute atomic E-state index is 11.8. The molecule has 0 aliphatic carbocycles. The Morgan fingerprint density at radius 3 is 2.44 bits per heavy atom. The smallest absolute Gasteiger partial charge is 0.315 e. The van der Waals surface area contributed by atoms with Crippen LogP contribution in [0.25, 0.3) is 11.1 Å². The number of thioether (sulfide) groups is 1. The Kier molecular flexibility index (Phi) is 10.0. The molecule has 1 aliphatic rings. The Balaban J connectivity index is 1.31. The molecule has 3 atom stereocenters. The topological polar surface area (TPSA) is 92.7 Å². The molecule has 1 aromatic heterocycles. The second-order valence-corrected chi connectivity index (χ2v) is 10.9. The van der Waals surface area contributed by atoms with Crippen LogP contribution in [0.3, 0.4) is 0 Å². The molecule has 0 spiro atoms. The monoisotopic (exact) mass is 569 g/mol. The van der Waals surface area contributed by atoms with Crippen LogP contribution in [0.1, 0.15) is 48.0 Å². The van der Waals surface area contributed by atoms with Crippen molar-refractivity contribution in [2.24, 2.45) is 0 Å². The number of hydrogen-bond donors (Lipinski definition) is 3. The molecule has 1 fully saturated rings. The van der Waals surface area contributed by atoms with E-state index < -0.39 is 6.29 Å². The molecule has 5 rings (SSSR count). The SMILES string of the molecule is CCNC(=O)NCc1cccc(-c2ccc([C@H]3O[C@@H](CSc4ccccn4)C[C@@H](c4ccc(CO)cc4)O3)cc2)c1. The van der Waals surface area contributed by atoms with E-state index in [1.54, 1.807) is 18.0 Å². The van der Waals surface area contributed by atoms with E-state index in [1.165, 1.54) is 0 Å². The number of amides is 2. The van der Waals surface area contributed by atoms with E-state index in [-0.39, 0.29) is 24.8 Å². The summed E-state index contributed by atoms with van der Waals surface area (Å²) in [4.78, 5) is 16.2. The molecule has 41 heavy (non-hydrogen) atoms. The van der Waals surface area contributed by atoms with Crippen LogP contribution in [-0.4, -0.2) is 34.5 Å². The van der Waals surface area contributed by atoms with E-state index >= 15 is 0 Å².